The third-order valence-electron chi connectivity index (χ3n) is 7.74. The monoisotopic (exact) mass is 805 g/mol. The van der Waals surface area contributed by atoms with Crippen LogP contribution in [0.25, 0.3) is 0 Å². The lowest BCUT2D eigenvalue weighted by Gasteiger charge is -2.18. The fourth-order valence-electron chi connectivity index (χ4n) is 4.63. The van der Waals surface area contributed by atoms with Crippen molar-refractivity contribution >= 4 is 17.9 Å². The molecule has 0 aromatic heterocycles. The molecule has 0 rings (SSSR count). The molecule has 0 amide bonds. The predicted octanol–water partition coefficient (Wildman–Crippen LogP) is 13.8. The summed E-state index contributed by atoms with van der Waals surface area (Å²) in [5.74, 6) is -1.24. The van der Waals surface area contributed by atoms with E-state index in [1.807, 2.05) is 140 Å². The van der Waals surface area contributed by atoms with Crippen molar-refractivity contribution in [3.8, 4) is 0 Å². The zero-order chi connectivity index (χ0) is 43.0. The van der Waals surface area contributed by atoms with Crippen LogP contribution in [0.1, 0.15) is 111 Å². The van der Waals surface area contributed by atoms with Crippen LogP contribution in [0.4, 0.5) is 0 Å². The molecule has 59 heavy (non-hydrogen) atoms. The van der Waals surface area contributed by atoms with Crippen LogP contribution in [0, 0.1) is 0 Å². The molecule has 0 aliphatic rings. The Bertz CT molecular complexity index is 1530. The summed E-state index contributed by atoms with van der Waals surface area (Å²) in [6.07, 6.45) is 69.1. The average Bonchev–Trinajstić information content (AvgIpc) is 3.23. The SMILES string of the molecule is CC\C=C/C=C\C=C/C=C\C=C/CCCC(=O)OC(COC(=O)C/C=C\C/C=C\C/C=C\CC)COC(=O)CCCCC\C=C/C=C\C=C\C=C/C=C\C=C/C=C\CC. The first kappa shape index (κ1) is 53.5. The van der Waals surface area contributed by atoms with Crippen molar-refractivity contribution in [2.75, 3.05) is 13.2 Å². The van der Waals surface area contributed by atoms with Crippen molar-refractivity contribution in [1.29, 1.82) is 0 Å². The molecular weight excluding hydrogens is 733 g/mol. The maximum absolute atomic E-state index is 12.7. The van der Waals surface area contributed by atoms with Crippen LogP contribution in [-0.2, 0) is 28.6 Å². The molecule has 0 spiro atoms. The first-order chi connectivity index (χ1) is 29.0. The minimum absolute atomic E-state index is 0.0992. The van der Waals surface area contributed by atoms with Gasteiger partial charge in [-0.15, -0.1) is 0 Å². The molecule has 0 heterocycles. The number of ether oxygens (including phenoxy) is 3. The van der Waals surface area contributed by atoms with Gasteiger partial charge < -0.3 is 14.2 Å². The maximum atomic E-state index is 12.7. The third kappa shape index (κ3) is 43.5. The fraction of sp³-hybridized carbons (Fsp3) is 0.377. The van der Waals surface area contributed by atoms with Gasteiger partial charge in [-0.1, -0.05) is 209 Å². The highest BCUT2D eigenvalue weighted by atomic mass is 16.6. The minimum atomic E-state index is -0.878. The van der Waals surface area contributed by atoms with E-state index in [1.165, 1.54) is 0 Å². The van der Waals surface area contributed by atoms with Crippen molar-refractivity contribution < 1.29 is 28.6 Å². The summed E-state index contributed by atoms with van der Waals surface area (Å²) >= 11 is 0. The number of rotatable bonds is 34. The van der Waals surface area contributed by atoms with Gasteiger partial charge in [-0.05, 0) is 64.2 Å². The smallest absolute Gasteiger partial charge is 0.309 e. The highest BCUT2D eigenvalue weighted by Crippen LogP contribution is 2.08. The normalized spacial score (nSPS) is 13.9. The largest absolute Gasteiger partial charge is 0.462 e. The number of allylic oxidation sites excluding steroid dienone is 29. The van der Waals surface area contributed by atoms with Gasteiger partial charge in [0.25, 0.3) is 0 Å². The third-order valence-corrected chi connectivity index (χ3v) is 7.74. The zero-order valence-electron chi connectivity index (χ0n) is 36.2. The second-order valence-corrected chi connectivity index (χ2v) is 13.1. The predicted molar refractivity (Wildman–Crippen MR) is 251 cm³/mol. The summed E-state index contributed by atoms with van der Waals surface area (Å²) in [7, 11) is 0. The molecule has 0 aromatic carbocycles. The van der Waals surface area contributed by atoms with Gasteiger partial charge in [0, 0.05) is 12.8 Å². The van der Waals surface area contributed by atoms with Crippen LogP contribution in [0.5, 0.6) is 0 Å². The molecule has 1 atom stereocenters. The molecule has 6 heteroatoms. The van der Waals surface area contributed by atoms with Crippen LogP contribution in [-0.4, -0.2) is 37.2 Å². The Hall–Kier alpha value is -5.49. The van der Waals surface area contributed by atoms with Gasteiger partial charge in [0.1, 0.15) is 13.2 Å². The van der Waals surface area contributed by atoms with Crippen molar-refractivity contribution in [3.63, 3.8) is 0 Å². The fourth-order valence-corrected chi connectivity index (χ4v) is 4.63. The zero-order valence-corrected chi connectivity index (χ0v) is 36.2. The van der Waals surface area contributed by atoms with Gasteiger partial charge in [0.05, 0.1) is 6.42 Å². The van der Waals surface area contributed by atoms with Crippen LogP contribution < -0.4 is 0 Å². The summed E-state index contributed by atoms with van der Waals surface area (Å²) in [4.78, 5) is 37.6. The quantitative estimate of drug-likeness (QED) is 0.0212. The molecule has 320 valence electrons. The lowest BCUT2D eigenvalue weighted by molar-refractivity contribution is -0.166. The summed E-state index contributed by atoms with van der Waals surface area (Å²) < 4.78 is 16.4. The second kappa shape index (κ2) is 45.2. The first-order valence-electron chi connectivity index (χ1n) is 21.5. The summed E-state index contributed by atoms with van der Waals surface area (Å²) in [5, 5.41) is 0. The molecular formula is C53H72O6. The Morgan fingerprint density at radius 1 is 0.373 bits per heavy atom. The first-order valence-corrected chi connectivity index (χ1v) is 21.5. The number of carbonyl (C=O) groups excluding carboxylic acids is 3. The number of carbonyl (C=O) groups is 3. The second-order valence-electron chi connectivity index (χ2n) is 13.1. The standard InChI is InChI=1S/C53H72O6/c1-4-7-10-13-16-19-21-23-24-25-26-27-28-30-31-34-37-40-43-46-52(55)58-49-50(48-57-51(54)45-42-39-36-33-18-15-12-9-6-3)59-53(56)47-44-41-38-35-32-29-22-20-17-14-11-8-5-2/h7-14,16-33,35,38-39,42,50H,4-6,15,34,36-37,40-41,43-49H2,1-3H3/b10-7-,11-8-,12-9-,16-13-,17-14-,21-19-,22-20-,24-23-,26-25+,28-27-,31-30-,32-29-,33-18-,38-35-,42-39-. The molecule has 0 saturated heterocycles. The van der Waals surface area contributed by atoms with Crippen molar-refractivity contribution in [2.24, 2.45) is 0 Å². The molecule has 0 bridgehead atoms. The molecule has 1 unspecified atom stereocenters. The molecule has 0 aromatic rings. The number of esters is 3. The van der Waals surface area contributed by atoms with Crippen molar-refractivity contribution in [2.45, 2.75) is 117 Å². The van der Waals surface area contributed by atoms with Gasteiger partial charge in [0.2, 0.25) is 0 Å². The maximum Gasteiger partial charge on any atom is 0.309 e. The van der Waals surface area contributed by atoms with E-state index in [2.05, 4.69) is 57.2 Å². The Balaban J connectivity index is 4.69. The lowest BCUT2D eigenvalue weighted by atomic mass is 10.1. The van der Waals surface area contributed by atoms with E-state index < -0.39 is 18.0 Å². The summed E-state index contributed by atoms with van der Waals surface area (Å²) in [6.45, 7) is 5.96. The van der Waals surface area contributed by atoms with Crippen LogP contribution in [0.3, 0.4) is 0 Å². The van der Waals surface area contributed by atoms with E-state index >= 15 is 0 Å². The summed E-state index contributed by atoms with van der Waals surface area (Å²) in [5.41, 5.74) is 0. The van der Waals surface area contributed by atoms with Gasteiger partial charge >= 0.3 is 17.9 Å². The Morgan fingerprint density at radius 2 is 0.763 bits per heavy atom. The van der Waals surface area contributed by atoms with Gasteiger partial charge in [0.15, 0.2) is 6.10 Å². The molecule has 6 nitrogen and oxygen atoms in total. The molecule has 0 radical (unpaired) electrons. The number of hydrogen-bond donors (Lipinski definition) is 0. The van der Waals surface area contributed by atoms with E-state index in [4.69, 9.17) is 14.2 Å². The minimum Gasteiger partial charge on any atom is -0.462 e. The van der Waals surface area contributed by atoms with Crippen molar-refractivity contribution in [3.05, 3.63) is 182 Å². The Kier molecular flexibility index (Phi) is 41.0. The number of hydrogen-bond acceptors (Lipinski definition) is 6. The molecule has 0 saturated carbocycles. The van der Waals surface area contributed by atoms with E-state index in [-0.39, 0.29) is 38.4 Å². The highest BCUT2D eigenvalue weighted by Gasteiger charge is 2.19. The molecule has 0 N–H and O–H groups in total. The molecule has 0 fully saturated rings. The number of unbranched alkanes of at least 4 members (excludes halogenated alkanes) is 4. The lowest BCUT2D eigenvalue weighted by Crippen LogP contribution is -2.30. The van der Waals surface area contributed by atoms with Crippen LogP contribution in [0.2, 0.25) is 0 Å². The van der Waals surface area contributed by atoms with Gasteiger partial charge in [-0.25, -0.2) is 0 Å². The van der Waals surface area contributed by atoms with Crippen LogP contribution >= 0.6 is 0 Å². The Labute approximate surface area is 357 Å². The topological polar surface area (TPSA) is 78.9 Å². The van der Waals surface area contributed by atoms with Crippen LogP contribution in [0.15, 0.2) is 182 Å². The highest BCUT2D eigenvalue weighted by molar-refractivity contribution is 5.72. The van der Waals surface area contributed by atoms with E-state index in [0.717, 1.165) is 51.4 Å². The van der Waals surface area contributed by atoms with E-state index in [9.17, 15) is 14.4 Å². The van der Waals surface area contributed by atoms with Gasteiger partial charge in [-0.2, -0.15) is 0 Å². The summed E-state index contributed by atoms with van der Waals surface area (Å²) in [6, 6.07) is 0. The van der Waals surface area contributed by atoms with Gasteiger partial charge in [-0.3, -0.25) is 14.4 Å². The van der Waals surface area contributed by atoms with E-state index in [0.29, 0.717) is 19.3 Å². The Morgan fingerprint density at radius 3 is 1.25 bits per heavy atom. The molecule has 0 aliphatic carbocycles. The molecule has 0 aliphatic heterocycles. The average molecular weight is 805 g/mol. The van der Waals surface area contributed by atoms with E-state index in [1.54, 1.807) is 6.08 Å². The van der Waals surface area contributed by atoms with Crippen molar-refractivity contribution in [1.82, 2.24) is 0 Å².